The van der Waals surface area contributed by atoms with Crippen LogP contribution in [0.2, 0.25) is 0 Å². The topological polar surface area (TPSA) is 12.0 Å². The zero-order valence-corrected chi connectivity index (χ0v) is 10.9. The van der Waals surface area contributed by atoms with Gasteiger partial charge in [0.1, 0.15) is 5.82 Å². The first kappa shape index (κ1) is 13.1. The van der Waals surface area contributed by atoms with E-state index in [1.54, 1.807) is 0 Å². The van der Waals surface area contributed by atoms with Gasteiger partial charge in [0, 0.05) is 11.7 Å². The molecule has 0 unspecified atom stereocenters. The van der Waals surface area contributed by atoms with Crippen LogP contribution in [0, 0.1) is 11.7 Å². The minimum Gasteiger partial charge on any atom is -0.382 e. The van der Waals surface area contributed by atoms with Crippen molar-refractivity contribution >= 4 is 5.69 Å². The highest BCUT2D eigenvalue weighted by molar-refractivity contribution is 5.44. The number of rotatable bonds is 5. The van der Waals surface area contributed by atoms with Gasteiger partial charge in [0.15, 0.2) is 0 Å². The number of anilines is 1. The highest BCUT2D eigenvalue weighted by Crippen LogP contribution is 2.29. The second-order valence-electron chi connectivity index (χ2n) is 5.18. The van der Waals surface area contributed by atoms with Gasteiger partial charge in [-0.1, -0.05) is 25.3 Å². The van der Waals surface area contributed by atoms with Crippen molar-refractivity contribution in [3.8, 4) is 0 Å². The summed E-state index contributed by atoms with van der Waals surface area (Å²) in [7, 11) is 0. The van der Waals surface area contributed by atoms with Crippen LogP contribution in [0.5, 0.6) is 0 Å². The van der Waals surface area contributed by atoms with Gasteiger partial charge < -0.3 is 5.32 Å². The molecule has 0 radical (unpaired) electrons. The third-order valence-electron chi connectivity index (χ3n) is 3.84. The first-order chi connectivity index (χ1) is 8.79. The molecule has 1 aliphatic rings. The molecule has 0 saturated heterocycles. The largest absolute Gasteiger partial charge is 0.382 e. The highest BCUT2D eigenvalue weighted by Gasteiger charge is 2.22. The molecule has 1 aromatic carbocycles. The van der Waals surface area contributed by atoms with Crippen LogP contribution in [0.15, 0.2) is 36.9 Å². The molecule has 1 nitrogen and oxygen atoms in total. The fourth-order valence-corrected chi connectivity index (χ4v) is 2.85. The van der Waals surface area contributed by atoms with Gasteiger partial charge in [-0.3, -0.25) is 0 Å². The van der Waals surface area contributed by atoms with Crippen LogP contribution in [0.25, 0.3) is 0 Å². The molecular weight excluding hydrogens is 225 g/mol. The molecule has 2 heteroatoms. The van der Waals surface area contributed by atoms with E-state index in [-0.39, 0.29) is 5.82 Å². The maximum absolute atomic E-state index is 12.9. The van der Waals surface area contributed by atoms with Gasteiger partial charge >= 0.3 is 0 Å². The minimum absolute atomic E-state index is 0.182. The van der Waals surface area contributed by atoms with Crippen LogP contribution in [-0.4, -0.2) is 6.04 Å². The predicted octanol–water partition coefficient (Wildman–Crippen LogP) is 4.76. The molecule has 18 heavy (non-hydrogen) atoms. The van der Waals surface area contributed by atoms with Crippen molar-refractivity contribution in [2.24, 2.45) is 5.92 Å². The first-order valence-electron chi connectivity index (χ1n) is 6.92. The van der Waals surface area contributed by atoms with E-state index in [4.69, 9.17) is 0 Å². The Labute approximate surface area is 109 Å². The molecule has 1 aliphatic carbocycles. The Kier molecular flexibility index (Phi) is 4.80. The fraction of sp³-hybridized carbons (Fsp3) is 0.500. The highest BCUT2D eigenvalue weighted by atomic mass is 19.1. The lowest BCUT2D eigenvalue weighted by atomic mass is 9.82. The molecule has 98 valence electrons. The van der Waals surface area contributed by atoms with Crippen molar-refractivity contribution in [2.45, 2.75) is 44.6 Å². The summed E-state index contributed by atoms with van der Waals surface area (Å²) in [6.07, 6.45) is 9.60. The number of halogens is 1. The maximum Gasteiger partial charge on any atom is 0.123 e. The van der Waals surface area contributed by atoms with Crippen LogP contribution in [0.4, 0.5) is 10.1 Å². The van der Waals surface area contributed by atoms with E-state index in [2.05, 4.69) is 11.9 Å². The van der Waals surface area contributed by atoms with Crippen molar-refractivity contribution in [3.63, 3.8) is 0 Å². The van der Waals surface area contributed by atoms with Crippen molar-refractivity contribution in [3.05, 3.63) is 42.7 Å². The molecular formula is C16H22FN. The first-order valence-corrected chi connectivity index (χ1v) is 6.92. The average molecular weight is 247 g/mol. The Bertz CT molecular complexity index is 365. The third kappa shape index (κ3) is 3.59. The molecule has 0 aliphatic heterocycles. The number of benzene rings is 1. The SMILES string of the molecule is C=CC[C@H](Nc1ccc(F)cc1)C1CCCCC1. The number of nitrogens with one attached hydrogen (secondary N) is 1. The Morgan fingerprint density at radius 3 is 2.50 bits per heavy atom. The summed E-state index contributed by atoms with van der Waals surface area (Å²) < 4.78 is 12.9. The Morgan fingerprint density at radius 1 is 1.22 bits per heavy atom. The van der Waals surface area contributed by atoms with Crippen LogP contribution >= 0.6 is 0 Å². The van der Waals surface area contributed by atoms with E-state index < -0.39 is 0 Å². The lowest BCUT2D eigenvalue weighted by Crippen LogP contribution is -2.30. The molecule has 1 aromatic rings. The average Bonchev–Trinajstić information content (AvgIpc) is 2.42. The van der Waals surface area contributed by atoms with Crippen LogP contribution < -0.4 is 5.32 Å². The zero-order chi connectivity index (χ0) is 12.8. The van der Waals surface area contributed by atoms with Crippen LogP contribution in [0.1, 0.15) is 38.5 Å². The summed E-state index contributed by atoms with van der Waals surface area (Å²) in [5, 5.41) is 3.54. The van der Waals surface area contributed by atoms with Gasteiger partial charge in [-0.2, -0.15) is 0 Å². The number of hydrogen-bond donors (Lipinski definition) is 1. The van der Waals surface area contributed by atoms with Crippen molar-refractivity contribution in [2.75, 3.05) is 5.32 Å². The standard InChI is InChI=1S/C16H22FN/c1-2-6-16(13-7-4-3-5-8-13)18-15-11-9-14(17)10-12-15/h2,9-13,16,18H,1,3-8H2/t16-/m0/s1. The molecule has 1 N–H and O–H groups in total. The van der Waals surface area contributed by atoms with E-state index in [0.29, 0.717) is 6.04 Å². The number of hydrogen-bond acceptors (Lipinski definition) is 1. The lowest BCUT2D eigenvalue weighted by molar-refractivity contribution is 0.318. The fourth-order valence-electron chi connectivity index (χ4n) is 2.85. The molecule has 0 bridgehead atoms. The monoisotopic (exact) mass is 247 g/mol. The summed E-state index contributed by atoms with van der Waals surface area (Å²) >= 11 is 0. The molecule has 0 aromatic heterocycles. The molecule has 1 saturated carbocycles. The minimum atomic E-state index is -0.182. The van der Waals surface area contributed by atoms with E-state index in [1.807, 2.05) is 18.2 Å². The summed E-state index contributed by atoms with van der Waals surface area (Å²) in [6, 6.07) is 7.08. The Hall–Kier alpha value is -1.31. The molecule has 2 rings (SSSR count). The Morgan fingerprint density at radius 2 is 1.89 bits per heavy atom. The molecule has 1 fully saturated rings. The van der Waals surface area contributed by atoms with Gasteiger partial charge in [0.25, 0.3) is 0 Å². The predicted molar refractivity (Wildman–Crippen MR) is 75.2 cm³/mol. The summed E-state index contributed by atoms with van der Waals surface area (Å²) in [5.41, 5.74) is 1.01. The van der Waals surface area contributed by atoms with E-state index >= 15 is 0 Å². The second kappa shape index (κ2) is 6.58. The quantitative estimate of drug-likeness (QED) is 0.739. The summed E-state index contributed by atoms with van der Waals surface area (Å²) in [6.45, 7) is 3.85. The van der Waals surface area contributed by atoms with Gasteiger partial charge in [0.2, 0.25) is 0 Å². The smallest absolute Gasteiger partial charge is 0.123 e. The van der Waals surface area contributed by atoms with Crippen molar-refractivity contribution in [1.82, 2.24) is 0 Å². The zero-order valence-electron chi connectivity index (χ0n) is 10.9. The van der Waals surface area contributed by atoms with Gasteiger partial charge in [0.05, 0.1) is 0 Å². The molecule has 1 atom stereocenters. The van der Waals surface area contributed by atoms with Crippen molar-refractivity contribution in [1.29, 1.82) is 0 Å². The second-order valence-corrected chi connectivity index (χ2v) is 5.18. The van der Waals surface area contributed by atoms with Gasteiger partial charge in [-0.15, -0.1) is 6.58 Å². The van der Waals surface area contributed by atoms with E-state index in [9.17, 15) is 4.39 Å². The van der Waals surface area contributed by atoms with Crippen LogP contribution in [0.3, 0.4) is 0 Å². The maximum atomic E-state index is 12.9. The summed E-state index contributed by atoms with van der Waals surface area (Å²) in [4.78, 5) is 0. The van der Waals surface area contributed by atoms with Gasteiger partial charge in [-0.25, -0.2) is 4.39 Å². The third-order valence-corrected chi connectivity index (χ3v) is 3.84. The normalized spacial score (nSPS) is 18.3. The van der Waals surface area contributed by atoms with E-state index in [1.165, 1.54) is 44.2 Å². The van der Waals surface area contributed by atoms with E-state index in [0.717, 1.165) is 18.0 Å². The summed E-state index contributed by atoms with van der Waals surface area (Å²) in [5.74, 6) is 0.542. The lowest BCUT2D eigenvalue weighted by Gasteiger charge is -2.31. The molecule has 0 heterocycles. The van der Waals surface area contributed by atoms with Gasteiger partial charge in [-0.05, 0) is 49.4 Å². The van der Waals surface area contributed by atoms with Crippen molar-refractivity contribution < 1.29 is 4.39 Å². The van der Waals surface area contributed by atoms with Crippen LogP contribution in [-0.2, 0) is 0 Å². The molecule has 0 spiro atoms. The Balaban J connectivity index is 2.00. The molecule has 0 amide bonds.